The number of hydrogen-bond donors (Lipinski definition) is 0. The first-order chi connectivity index (χ1) is 23.7. The number of nitrogens with zero attached hydrogens (tertiary/aromatic N) is 4. The van der Waals surface area contributed by atoms with Crippen molar-refractivity contribution in [3.05, 3.63) is 187 Å². The standard InChI is InChI=1S/C44H32N4/c1-47-43(33-17-6-3-7-18-33)45-42(32-15-4-2-5-16-32)46-44(47)39-22-11-10-19-35(39)31-24-27-34(28-25-31)48-40-23-13-12-21-37(40)38-29-26-30-14-8-9-20-36(30)41(38)48/h2-29,44H,1H3. The van der Waals surface area contributed by atoms with E-state index in [-0.39, 0.29) is 6.17 Å². The molecular weight excluding hydrogens is 585 g/mol. The van der Waals surface area contributed by atoms with E-state index >= 15 is 0 Å². The maximum atomic E-state index is 5.27. The number of amidine groups is 2. The molecule has 48 heavy (non-hydrogen) atoms. The maximum Gasteiger partial charge on any atom is 0.159 e. The lowest BCUT2D eigenvalue weighted by Gasteiger charge is -2.33. The van der Waals surface area contributed by atoms with Crippen LogP contribution in [0.25, 0.3) is 49.4 Å². The smallest absolute Gasteiger partial charge is 0.159 e. The summed E-state index contributed by atoms with van der Waals surface area (Å²) in [5.74, 6) is 1.64. The molecule has 0 saturated carbocycles. The Balaban J connectivity index is 1.17. The zero-order valence-electron chi connectivity index (χ0n) is 26.5. The Morgan fingerprint density at radius 3 is 1.94 bits per heavy atom. The molecule has 4 heteroatoms. The molecule has 1 aromatic heterocycles. The van der Waals surface area contributed by atoms with Crippen LogP contribution in [0.4, 0.5) is 0 Å². The molecule has 0 spiro atoms. The van der Waals surface area contributed by atoms with E-state index in [0.29, 0.717) is 0 Å². The van der Waals surface area contributed by atoms with Gasteiger partial charge in [-0.1, -0.05) is 152 Å². The normalized spacial score (nSPS) is 14.8. The Morgan fingerprint density at radius 2 is 1.15 bits per heavy atom. The van der Waals surface area contributed by atoms with Crippen LogP contribution in [-0.2, 0) is 0 Å². The van der Waals surface area contributed by atoms with Crippen molar-refractivity contribution in [1.82, 2.24) is 9.47 Å². The van der Waals surface area contributed by atoms with Crippen LogP contribution in [0.2, 0.25) is 0 Å². The van der Waals surface area contributed by atoms with Gasteiger partial charge in [0, 0.05) is 45.6 Å². The number of para-hydroxylation sites is 1. The largest absolute Gasteiger partial charge is 0.333 e. The summed E-state index contributed by atoms with van der Waals surface area (Å²) in [7, 11) is 2.09. The Morgan fingerprint density at radius 1 is 0.500 bits per heavy atom. The Hall–Kier alpha value is -6.26. The minimum atomic E-state index is -0.257. The summed E-state index contributed by atoms with van der Waals surface area (Å²) in [6, 6.07) is 60.1. The highest BCUT2D eigenvalue weighted by Crippen LogP contribution is 2.38. The molecule has 0 aliphatic carbocycles. The highest BCUT2D eigenvalue weighted by atomic mass is 15.3. The number of aromatic nitrogens is 1. The lowest BCUT2D eigenvalue weighted by molar-refractivity contribution is 0.383. The van der Waals surface area contributed by atoms with Gasteiger partial charge >= 0.3 is 0 Å². The van der Waals surface area contributed by atoms with Crippen LogP contribution in [0, 0.1) is 0 Å². The second kappa shape index (κ2) is 11.5. The van der Waals surface area contributed by atoms with Gasteiger partial charge in [-0.25, -0.2) is 9.98 Å². The maximum absolute atomic E-state index is 5.27. The zero-order chi connectivity index (χ0) is 32.0. The summed E-state index contributed by atoms with van der Waals surface area (Å²) in [5, 5.41) is 5.02. The van der Waals surface area contributed by atoms with Gasteiger partial charge in [-0.15, -0.1) is 0 Å². The summed E-state index contributed by atoms with van der Waals surface area (Å²) >= 11 is 0. The van der Waals surface area contributed by atoms with Crippen molar-refractivity contribution in [2.24, 2.45) is 9.98 Å². The number of benzene rings is 7. The van der Waals surface area contributed by atoms with Gasteiger partial charge in [0.25, 0.3) is 0 Å². The second-order valence-electron chi connectivity index (χ2n) is 12.3. The molecule has 8 aromatic rings. The molecule has 1 aliphatic heterocycles. The number of fused-ring (bicyclic) bond motifs is 5. The van der Waals surface area contributed by atoms with Gasteiger partial charge < -0.3 is 9.47 Å². The van der Waals surface area contributed by atoms with Crippen molar-refractivity contribution in [3.63, 3.8) is 0 Å². The first-order valence-electron chi connectivity index (χ1n) is 16.4. The number of rotatable bonds is 5. The van der Waals surface area contributed by atoms with Crippen molar-refractivity contribution in [2.75, 3.05) is 7.05 Å². The van der Waals surface area contributed by atoms with Crippen LogP contribution in [-0.4, -0.2) is 28.2 Å². The van der Waals surface area contributed by atoms with E-state index in [1.165, 1.54) is 32.6 Å². The van der Waals surface area contributed by atoms with Crippen molar-refractivity contribution in [2.45, 2.75) is 6.17 Å². The molecule has 0 amide bonds. The third-order valence-corrected chi connectivity index (χ3v) is 9.46. The van der Waals surface area contributed by atoms with E-state index in [0.717, 1.165) is 45.2 Å². The van der Waals surface area contributed by atoms with E-state index in [4.69, 9.17) is 9.98 Å². The van der Waals surface area contributed by atoms with Gasteiger partial charge in [-0.3, -0.25) is 0 Å². The van der Waals surface area contributed by atoms with Crippen molar-refractivity contribution in [3.8, 4) is 16.8 Å². The topological polar surface area (TPSA) is 32.9 Å². The summed E-state index contributed by atoms with van der Waals surface area (Å²) in [6.45, 7) is 0. The molecule has 228 valence electrons. The van der Waals surface area contributed by atoms with E-state index < -0.39 is 0 Å². The van der Waals surface area contributed by atoms with Crippen molar-refractivity contribution < 1.29 is 0 Å². The lowest BCUT2D eigenvalue weighted by Crippen LogP contribution is -2.35. The molecule has 0 N–H and O–H groups in total. The number of aliphatic imine (C=N–C) groups is 2. The summed E-state index contributed by atoms with van der Waals surface area (Å²) < 4.78 is 2.41. The minimum Gasteiger partial charge on any atom is -0.333 e. The third-order valence-electron chi connectivity index (χ3n) is 9.46. The van der Waals surface area contributed by atoms with Crippen molar-refractivity contribution in [1.29, 1.82) is 0 Å². The molecule has 0 bridgehead atoms. The molecule has 0 radical (unpaired) electrons. The predicted molar refractivity (Wildman–Crippen MR) is 200 cm³/mol. The van der Waals surface area contributed by atoms with E-state index in [2.05, 4.69) is 162 Å². The van der Waals surface area contributed by atoms with Gasteiger partial charge in [0.15, 0.2) is 12.0 Å². The molecule has 1 unspecified atom stereocenters. The molecule has 0 saturated heterocycles. The third kappa shape index (κ3) is 4.61. The molecule has 4 nitrogen and oxygen atoms in total. The quantitative estimate of drug-likeness (QED) is 0.189. The lowest BCUT2D eigenvalue weighted by atomic mass is 9.96. The Bertz CT molecular complexity index is 2510. The fourth-order valence-electron chi connectivity index (χ4n) is 7.16. The van der Waals surface area contributed by atoms with E-state index in [9.17, 15) is 0 Å². The summed E-state index contributed by atoms with van der Waals surface area (Å²) in [5.41, 5.74) is 9.08. The van der Waals surface area contributed by atoms with Crippen LogP contribution in [0.1, 0.15) is 22.9 Å². The van der Waals surface area contributed by atoms with E-state index in [1.807, 2.05) is 24.3 Å². The predicted octanol–water partition coefficient (Wildman–Crippen LogP) is 10.4. The Kier molecular flexibility index (Phi) is 6.72. The van der Waals surface area contributed by atoms with Gasteiger partial charge in [-0.05, 0) is 34.7 Å². The summed E-state index contributed by atoms with van der Waals surface area (Å²) in [6.07, 6.45) is -0.257. The fraction of sp³-hybridized carbons (Fsp3) is 0.0455. The summed E-state index contributed by atoms with van der Waals surface area (Å²) in [4.78, 5) is 12.5. The highest BCUT2D eigenvalue weighted by Gasteiger charge is 2.28. The minimum absolute atomic E-state index is 0.257. The molecule has 9 rings (SSSR count). The second-order valence-corrected chi connectivity index (χ2v) is 12.3. The molecule has 7 aromatic carbocycles. The first-order valence-corrected chi connectivity index (χ1v) is 16.4. The molecule has 0 fully saturated rings. The van der Waals surface area contributed by atoms with E-state index in [1.54, 1.807) is 0 Å². The molecular formula is C44H32N4. The monoisotopic (exact) mass is 616 g/mol. The molecule has 1 atom stereocenters. The van der Waals surface area contributed by atoms with Crippen molar-refractivity contribution >= 4 is 44.2 Å². The van der Waals surface area contributed by atoms with Gasteiger partial charge in [0.05, 0.1) is 11.0 Å². The molecule has 2 heterocycles. The van der Waals surface area contributed by atoms with Crippen LogP contribution >= 0.6 is 0 Å². The van der Waals surface area contributed by atoms with Crippen LogP contribution < -0.4 is 0 Å². The average Bonchev–Trinajstić information content (AvgIpc) is 3.51. The van der Waals surface area contributed by atoms with Gasteiger partial charge in [0.1, 0.15) is 5.84 Å². The highest BCUT2D eigenvalue weighted by molar-refractivity contribution is 6.18. The SMILES string of the molecule is CN1C(c2ccccc2)=NC(c2ccccc2)=NC1c1ccccc1-c1ccc(-n2c3ccccc3c3ccc4ccccc4c32)cc1. The fourth-order valence-corrected chi connectivity index (χ4v) is 7.16. The number of hydrogen-bond acceptors (Lipinski definition) is 3. The van der Waals surface area contributed by atoms with Crippen LogP contribution in [0.5, 0.6) is 0 Å². The molecule has 1 aliphatic rings. The van der Waals surface area contributed by atoms with Crippen LogP contribution in [0.15, 0.2) is 180 Å². The first kappa shape index (κ1) is 28.0. The Labute approximate surface area is 279 Å². The van der Waals surface area contributed by atoms with Gasteiger partial charge in [-0.2, -0.15) is 0 Å². The average molecular weight is 617 g/mol. The van der Waals surface area contributed by atoms with Crippen LogP contribution in [0.3, 0.4) is 0 Å². The zero-order valence-corrected chi connectivity index (χ0v) is 26.5. The van der Waals surface area contributed by atoms with Gasteiger partial charge in [0.2, 0.25) is 0 Å².